The molecule has 4 unspecified atom stereocenters. The third-order valence-corrected chi connectivity index (χ3v) is 6.87. The standard InChI is InChI=1S/C32H44N2O10/c1-19(2)23(31(39)41-5)33-29(37)27(43-17-21-13-9-7-10-14-21)25(35)26(36)28(44-18-22-15-11-8-12-16-22)30(38)34-24(20(3)4)32(40)42-6/h7-16,19-20,23-28,35-36H,17-18H2,1-6H3,(H,33,37)(H,34,38)/t23-,24-,25?,26?,27?,28?/m0/s1. The summed E-state index contributed by atoms with van der Waals surface area (Å²) in [4.78, 5) is 51.7. The Hall–Kier alpha value is -3.84. The molecule has 2 aromatic rings. The number of aliphatic hydroxyl groups excluding tert-OH is 2. The molecule has 2 amide bonds. The van der Waals surface area contributed by atoms with Crippen LogP contribution in [0.3, 0.4) is 0 Å². The molecule has 12 heteroatoms. The Labute approximate surface area is 258 Å². The van der Waals surface area contributed by atoms with Crippen molar-refractivity contribution in [1.82, 2.24) is 10.6 Å². The van der Waals surface area contributed by atoms with Gasteiger partial charge in [0.15, 0.2) is 12.2 Å². The van der Waals surface area contributed by atoms with Crippen LogP contribution in [0.15, 0.2) is 60.7 Å². The lowest BCUT2D eigenvalue weighted by Crippen LogP contribution is -2.59. The van der Waals surface area contributed by atoms with E-state index in [9.17, 15) is 29.4 Å². The van der Waals surface area contributed by atoms with E-state index in [1.165, 1.54) is 14.2 Å². The Morgan fingerprint density at radius 1 is 0.614 bits per heavy atom. The molecule has 0 heterocycles. The predicted octanol–water partition coefficient (Wildman–Crippen LogP) is 1.51. The van der Waals surface area contributed by atoms with Gasteiger partial charge in [-0.05, 0) is 23.0 Å². The number of esters is 2. The Morgan fingerprint density at radius 3 is 1.20 bits per heavy atom. The van der Waals surface area contributed by atoms with Crippen molar-refractivity contribution in [3.8, 4) is 0 Å². The average molecular weight is 617 g/mol. The highest BCUT2D eigenvalue weighted by Crippen LogP contribution is 2.18. The molecule has 4 N–H and O–H groups in total. The Balaban J connectivity index is 2.42. The average Bonchev–Trinajstić information content (AvgIpc) is 3.02. The first-order valence-corrected chi connectivity index (χ1v) is 14.3. The highest BCUT2D eigenvalue weighted by molar-refractivity contribution is 5.89. The van der Waals surface area contributed by atoms with Gasteiger partial charge in [0, 0.05) is 0 Å². The van der Waals surface area contributed by atoms with Crippen LogP contribution in [-0.2, 0) is 51.3 Å². The van der Waals surface area contributed by atoms with Crippen LogP contribution in [0.25, 0.3) is 0 Å². The molecule has 0 aliphatic rings. The number of benzene rings is 2. The van der Waals surface area contributed by atoms with Gasteiger partial charge < -0.3 is 39.8 Å². The third kappa shape index (κ3) is 10.7. The maximum Gasteiger partial charge on any atom is 0.328 e. The molecule has 0 aromatic heterocycles. The number of ether oxygens (including phenoxy) is 4. The lowest BCUT2D eigenvalue weighted by Gasteiger charge is -2.32. The first-order chi connectivity index (χ1) is 20.9. The zero-order valence-electron chi connectivity index (χ0n) is 26.0. The van der Waals surface area contributed by atoms with E-state index in [2.05, 4.69) is 10.6 Å². The monoisotopic (exact) mass is 616 g/mol. The smallest absolute Gasteiger partial charge is 0.328 e. The quantitative estimate of drug-likeness (QED) is 0.191. The molecule has 44 heavy (non-hydrogen) atoms. The number of aliphatic hydroxyl groups is 2. The number of hydrogen-bond acceptors (Lipinski definition) is 10. The van der Waals surface area contributed by atoms with Gasteiger partial charge in [0.25, 0.3) is 11.8 Å². The topological polar surface area (TPSA) is 170 Å². The number of rotatable bonds is 17. The van der Waals surface area contributed by atoms with Gasteiger partial charge in [0.1, 0.15) is 24.3 Å². The van der Waals surface area contributed by atoms with Crippen molar-refractivity contribution in [2.45, 2.75) is 77.4 Å². The van der Waals surface area contributed by atoms with Crippen molar-refractivity contribution in [3.05, 3.63) is 71.8 Å². The highest BCUT2D eigenvalue weighted by atomic mass is 16.5. The number of carbonyl (C=O) groups excluding carboxylic acids is 4. The van der Waals surface area contributed by atoms with E-state index in [4.69, 9.17) is 18.9 Å². The summed E-state index contributed by atoms with van der Waals surface area (Å²) in [5, 5.41) is 27.8. The number of carbonyl (C=O) groups is 4. The summed E-state index contributed by atoms with van der Waals surface area (Å²) < 4.78 is 21.2. The molecule has 12 nitrogen and oxygen atoms in total. The van der Waals surface area contributed by atoms with Gasteiger partial charge in [0.05, 0.1) is 27.4 Å². The van der Waals surface area contributed by atoms with Gasteiger partial charge in [-0.15, -0.1) is 0 Å². The van der Waals surface area contributed by atoms with Gasteiger partial charge in [0.2, 0.25) is 0 Å². The first-order valence-electron chi connectivity index (χ1n) is 14.3. The lowest BCUT2D eigenvalue weighted by molar-refractivity contribution is -0.172. The summed E-state index contributed by atoms with van der Waals surface area (Å²) in [5.74, 6) is -4.04. The van der Waals surface area contributed by atoms with Crippen LogP contribution in [0.4, 0.5) is 0 Å². The fourth-order valence-corrected chi connectivity index (χ4v) is 4.26. The molecule has 0 bridgehead atoms. The second-order valence-corrected chi connectivity index (χ2v) is 10.9. The van der Waals surface area contributed by atoms with Crippen molar-refractivity contribution in [2.75, 3.05) is 14.2 Å². The van der Waals surface area contributed by atoms with E-state index < -0.39 is 60.3 Å². The van der Waals surface area contributed by atoms with Crippen LogP contribution < -0.4 is 10.6 Å². The second kappa shape index (κ2) is 18.1. The summed E-state index contributed by atoms with van der Waals surface area (Å²) in [6.07, 6.45) is -7.56. The molecule has 0 radical (unpaired) electrons. The molecule has 0 fully saturated rings. The van der Waals surface area contributed by atoms with Gasteiger partial charge >= 0.3 is 11.9 Å². The molecule has 6 atom stereocenters. The molecule has 0 saturated heterocycles. The predicted molar refractivity (Wildman–Crippen MR) is 160 cm³/mol. The molecule has 0 aliphatic heterocycles. The van der Waals surface area contributed by atoms with E-state index in [1.807, 2.05) is 0 Å². The molecule has 2 rings (SSSR count). The minimum atomic E-state index is -2.02. The Kier molecular flexibility index (Phi) is 14.9. The van der Waals surface area contributed by atoms with E-state index in [1.54, 1.807) is 88.4 Å². The molecule has 0 spiro atoms. The molecule has 242 valence electrons. The second-order valence-electron chi connectivity index (χ2n) is 10.9. The minimum absolute atomic E-state index is 0.146. The van der Waals surface area contributed by atoms with E-state index in [0.29, 0.717) is 11.1 Å². The first kappa shape index (κ1) is 36.4. The van der Waals surface area contributed by atoms with Crippen molar-refractivity contribution in [2.24, 2.45) is 11.8 Å². The van der Waals surface area contributed by atoms with Crippen molar-refractivity contribution in [1.29, 1.82) is 0 Å². The van der Waals surface area contributed by atoms with Gasteiger partial charge in [-0.25, -0.2) is 9.59 Å². The van der Waals surface area contributed by atoms with Crippen LogP contribution in [0, 0.1) is 11.8 Å². The number of amides is 2. The largest absolute Gasteiger partial charge is 0.467 e. The SMILES string of the molecule is COC(=O)[C@@H](NC(=O)C(OCc1ccccc1)C(O)C(O)C(OCc1ccccc1)C(=O)N[C@H](C(=O)OC)C(C)C)C(C)C. The molecule has 0 saturated carbocycles. The van der Waals surface area contributed by atoms with Crippen LogP contribution in [0.1, 0.15) is 38.8 Å². The summed E-state index contributed by atoms with van der Waals surface area (Å²) in [7, 11) is 2.36. The van der Waals surface area contributed by atoms with Crippen molar-refractivity contribution in [3.63, 3.8) is 0 Å². The summed E-state index contributed by atoms with van der Waals surface area (Å²) in [6, 6.07) is 15.4. The van der Waals surface area contributed by atoms with Crippen molar-refractivity contribution < 1.29 is 48.3 Å². The zero-order valence-corrected chi connectivity index (χ0v) is 26.0. The van der Waals surface area contributed by atoms with E-state index in [-0.39, 0.29) is 25.0 Å². The van der Waals surface area contributed by atoms with Crippen LogP contribution in [0.2, 0.25) is 0 Å². The minimum Gasteiger partial charge on any atom is -0.467 e. The van der Waals surface area contributed by atoms with Gasteiger partial charge in [-0.1, -0.05) is 88.4 Å². The number of nitrogens with one attached hydrogen (secondary N) is 2. The third-order valence-electron chi connectivity index (χ3n) is 6.87. The Bertz CT molecular complexity index is 1100. The summed E-state index contributed by atoms with van der Waals surface area (Å²) in [5.41, 5.74) is 1.32. The molecule has 2 aromatic carbocycles. The van der Waals surface area contributed by atoms with Gasteiger partial charge in [-0.3, -0.25) is 9.59 Å². The molecule has 0 aliphatic carbocycles. The summed E-state index contributed by atoms with van der Waals surface area (Å²) in [6.45, 7) is 6.47. The molecular formula is C32H44N2O10. The van der Waals surface area contributed by atoms with Gasteiger partial charge in [-0.2, -0.15) is 0 Å². The highest BCUT2D eigenvalue weighted by Gasteiger charge is 2.43. The fourth-order valence-electron chi connectivity index (χ4n) is 4.26. The normalized spacial score (nSPS) is 15.4. The van der Waals surface area contributed by atoms with E-state index >= 15 is 0 Å². The number of hydrogen-bond donors (Lipinski definition) is 4. The van der Waals surface area contributed by atoms with E-state index in [0.717, 1.165) is 0 Å². The number of methoxy groups -OCH3 is 2. The van der Waals surface area contributed by atoms with Crippen molar-refractivity contribution >= 4 is 23.8 Å². The molecular weight excluding hydrogens is 572 g/mol. The fraction of sp³-hybridized carbons (Fsp3) is 0.500. The maximum atomic E-state index is 13.5. The lowest BCUT2D eigenvalue weighted by atomic mass is 9.98. The summed E-state index contributed by atoms with van der Waals surface area (Å²) >= 11 is 0. The maximum absolute atomic E-state index is 13.5. The zero-order chi connectivity index (χ0) is 32.8. The van der Waals surface area contributed by atoms with Crippen LogP contribution in [-0.4, -0.2) is 84.7 Å². The van der Waals surface area contributed by atoms with Crippen LogP contribution in [0.5, 0.6) is 0 Å². The Morgan fingerprint density at radius 2 is 0.932 bits per heavy atom. The van der Waals surface area contributed by atoms with Crippen LogP contribution >= 0.6 is 0 Å².